The van der Waals surface area contributed by atoms with Gasteiger partial charge in [0.05, 0.1) is 15.1 Å². The summed E-state index contributed by atoms with van der Waals surface area (Å²) in [7, 11) is 0. The first kappa shape index (κ1) is 14.9. The number of halogens is 4. The van der Waals surface area contributed by atoms with Crippen molar-refractivity contribution in [1.82, 2.24) is 0 Å². The minimum atomic E-state index is -0.554. The minimum Gasteiger partial charge on any atom is -0.308 e. The van der Waals surface area contributed by atoms with Crippen molar-refractivity contribution >= 4 is 52.2 Å². The molecule has 2 N–H and O–H groups in total. The van der Waals surface area contributed by atoms with E-state index in [-0.39, 0.29) is 5.02 Å². The van der Waals surface area contributed by atoms with E-state index < -0.39 is 11.8 Å². The summed E-state index contributed by atoms with van der Waals surface area (Å²) in [6.45, 7) is 0. The molecule has 0 saturated heterocycles. The quantitative estimate of drug-likeness (QED) is 0.756. The smallest absolute Gasteiger partial charge is 0.308 e. The van der Waals surface area contributed by atoms with E-state index >= 15 is 0 Å². The normalized spacial score (nSPS) is 10.2. The van der Waals surface area contributed by atoms with Crippen molar-refractivity contribution in [3.63, 3.8) is 0 Å². The Kier molecular flexibility index (Phi) is 4.70. The van der Waals surface area contributed by atoms with Crippen LogP contribution >= 0.6 is 34.8 Å². The number of urea groups is 1. The molecule has 0 heterocycles. The van der Waals surface area contributed by atoms with Crippen LogP contribution in [0.2, 0.25) is 15.1 Å². The Morgan fingerprint density at radius 1 is 0.850 bits per heavy atom. The van der Waals surface area contributed by atoms with Gasteiger partial charge in [-0.3, -0.25) is 0 Å². The molecule has 0 fully saturated rings. The molecule has 0 aromatic heterocycles. The zero-order valence-electron chi connectivity index (χ0n) is 9.88. The molecule has 2 amide bonds. The molecule has 2 rings (SSSR count). The predicted molar refractivity (Wildman–Crippen MR) is 80.5 cm³/mol. The summed E-state index contributed by atoms with van der Waals surface area (Å²) >= 11 is 17.2. The number of rotatable bonds is 2. The van der Waals surface area contributed by atoms with Crippen molar-refractivity contribution in [3.8, 4) is 0 Å². The van der Waals surface area contributed by atoms with Crippen molar-refractivity contribution in [2.24, 2.45) is 0 Å². The van der Waals surface area contributed by atoms with Gasteiger partial charge in [0.15, 0.2) is 0 Å². The van der Waals surface area contributed by atoms with Crippen LogP contribution in [0.1, 0.15) is 0 Å². The van der Waals surface area contributed by atoms with Crippen molar-refractivity contribution in [1.29, 1.82) is 0 Å². The summed E-state index contributed by atoms with van der Waals surface area (Å²) in [6.07, 6.45) is 0. The maximum Gasteiger partial charge on any atom is 0.323 e. The van der Waals surface area contributed by atoms with Crippen molar-refractivity contribution in [3.05, 3.63) is 57.3 Å². The SMILES string of the molecule is O=C(Nc1ccc(F)c(Cl)c1)Nc1ccc(Cl)c(Cl)c1. The van der Waals surface area contributed by atoms with Gasteiger partial charge in [0, 0.05) is 11.4 Å². The van der Waals surface area contributed by atoms with Crippen LogP contribution in [-0.4, -0.2) is 6.03 Å². The van der Waals surface area contributed by atoms with E-state index in [0.717, 1.165) is 6.07 Å². The number of nitrogens with one attached hydrogen (secondary N) is 2. The Morgan fingerprint density at radius 3 is 1.95 bits per heavy atom. The van der Waals surface area contributed by atoms with Gasteiger partial charge >= 0.3 is 6.03 Å². The third-order valence-electron chi connectivity index (χ3n) is 2.35. The van der Waals surface area contributed by atoms with Gasteiger partial charge in [0.25, 0.3) is 0 Å². The molecule has 104 valence electrons. The number of amides is 2. The molecule has 7 heteroatoms. The molecule has 0 spiro atoms. The topological polar surface area (TPSA) is 41.1 Å². The fourth-order valence-electron chi connectivity index (χ4n) is 1.44. The predicted octanol–water partition coefficient (Wildman–Crippen LogP) is 5.43. The standard InChI is InChI=1S/C13H8Cl3FN2O/c14-9-3-1-7(5-10(9)15)18-13(20)19-8-2-4-12(17)11(16)6-8/h1-6H,(H2,18,19,20). The molecule has 0 saturated carbocycles. The largest absolute Gasteiger partial charge is 0.323 e. The first-order valence-electron chi connectivity index (χ1n) is 5.44. The van der Waals surface area contributed by atoms with Crippen LogP contribution in [-0.2, 0) is 0 Å². The van der Waals surface area contributed by atoms with Crippen LogP contribution in [0.5, 0.6) is 0 Å². The molecule has 0 aliphatic carbocycles. The first-order valence-corrected chi connectivity index (χ1v) is 6.57. The molecular formula is C13H8Cl3FN2O. The van der Waals surface area contributed by atoms with Crippen LogP contribution in [0.15, 0.2) is 36.4 Å². The lowest BCUT2D eigenvalue weighted by molar-refractivity contribution is 0.262. The van der Waals surface area contributed by atoms with Gasteiger partial charge in [-0.2, -0.15) is 0 Å². The Morgan fingerprint density at radius 2 is 1.40 bits per heavy atom. The average Bonchev–Trinajstić information content (AvgIpc) is 2.38. The summed E-state index contributed by atoms with van der Waals surface area (Å²) in [5.74, 6) is -0.554. The fourth-order valence-corrected chi connectivity index (χ4v) is 1.92. The van der Waals surface area contributed by atoms with Crippen LogP contribution < -0.4 is 10.6 Å². The van der Waals surface area contributed by atoms with E-state index in [9.17, 15) is 9.18 Å². The van der Waals surface area contributed by atoms with Crippen LogP contribution in [0.3, 0.4) is 0 Å². The molecule has 0 radical (unpaired) electrons. The fraction of sp³-hybridized carbons (Fsp3) is 0. The number of anilines is 2. The summed E-state index contributed by atoms with van der Waals surface area (Å²) in [5, 5.41) is 5.73. The molecule has 3 nitrogen and oxygen atoms in total. The van der Waals surface area contributed by atoms with Crippen molar-refractivity contribution < 1.29 is 9.18 Å². The Bertz CT molecular complexity index is 609. The van der Waals surface area contributed by atoms with Crippen LogP contribution in [0.25, 0.3) is 0 Å². The Hall–Kier alpha value is -1.49. The highest BCUT2D eigenvalue weighted by molar-refractivity contribution is 6.42. The number of benzene rings is 2. The molecular weight excluding hydrogens is 326 g/mol. The second-order valence-corrected chi connectivity index (χ2v) is 5.06. The molecule has 0 aliphatic rings. The average molecular weight is 334 g/mol. The van der Waals surface area contributed by atoms with Gasteiger partial charge in [-0.15, -0.1) is 0 Å². The maximum absolute atomic E-state index is 13.0. The number of hydrogen-bond donors (Lipinski definition) is 2. The minimum absolute atomic E-state index is 0.0719. The summed E-state index contributed by atoms with van der Waals surface area (Å²) in [4.78, 5) is 11.7. The van der Waals surface area contributed by atoms with Crippen molar-refractivity contribution in [2.75, 3.05) is 10.6 Å². The number of carbonyl (C=O) groups excluding carboxylic acids is 1. The zero-order valence-corrected chi connectivity index (χ0v) is 12.2. The van der Waals surface area contributed by atoms with E-state index in [1.165, 1.54) is 18.2 Å². The lowest BCUT2D eigenvalue weighted by Crippen LogP contribution is -2.19. The molecule has 20 heavy (non-hydrogen) atoms. The summed E-state index contributed by atoms with van der Waals surface area (Å²) in [5.41, 5.74) is 0.846. The molecule has 0 bridgehead atoms. The third-order valence-corrected chi connectivity index (χ3v) is 3.38. The summed E-state index contributed by atoms with van der Waals surface area (Å²) < 4.78 is 13.0. The lowest BCUT2D eigenvalue weighted by Gasteiger charge is -2.08. The van der Waals surface area contributed by atoms with E-state index in [1.54, 1.807) is 12.1 Å². The molecule has 0 aliphatic heterocycles. The molecule has 0 atom stereocenters. The lowest BCUT2D eigenvalue weighted by atomic mass is 10.3. The van der Waals surface area contributed by atoms with Crippen LogP contribution in [0.4, 0.5) is 20.6 Å². The van der Waals surface area contributed by atoms with E-state index in [0.29, 0.717) is 21.4 Å². The van der Waals surface area contributed by atoms with Gasteiger partial charge in [0.1, 0.15) is 5.82 Å². The van der Waals surface area contributed by atoms with Gasteiger partial charge in [-0.05, 0) is 36.4 Å². The highest BCUT2D eigenvalue weighted by Crippen LogP contribution is 2.25. The Balaban J connectivity index is 2.04. The third kappa shape index (κ3) is 3.76. The number of carbonyl (C=O) groups is 1. The maximum atomic E-state index is 13.0. The van der Waals surface area contributed by atoms with Gasteiger partial charge in [-0.1, -0.05) is 34.8 Å². The second-order valence-electron chi connectivity index (χ2n) is 3.84. The monoisotopic (exact) mass is 332 g/mol. The molecule has 2 aromatic rings. The molecule has 0 unspecified atom stereocenters. The second kappa shape index (κ2) is 6.31. The van der Waals surface area contributed by atoms with Gasteiger partial charge in [-0.25, -0.2) is 9.18 Å². The van der Waals surface area contributed by atoms with E-state index in [4.69, 9.17) is 34.8 Å². The highest BCUT2D eigenvalue weighted by Gasteiger charge is 2.06. The van der Waals surface area contributed by atoms with E-state index in [1.807, 2.05) is 0 Å². The summed E-state index contributed by atoms with van der Waals surface area (Å²) in [6, 6.07) is 8.05. The van der Waals surface area contributed by atoms with Gasteiger partial charge in [0.2, 0.25) is 0 Å². The van der Waals surface area contributed by atoms with Gasteiger partial charge < -0.3 is 10.6 Å². The highest BCUT2D eigenvalue weighted by atomic mass is 35.5. The number of hydrogen-bond acceptors (Lipinski definition) is 1. The van der Waals surface area contributed by atoms with Crippen molar-refractivity contribution in [2.45, 2.75) is 0 Å². The first-order chi connectivity index (χ1) is 9.45. The van der Waals surface area contributed by atoms with E-state index in [2.05, 4.69) is 10.6 Å². The Labute approximate surface area is 129 Å². The zero-order chi connectivity index (χ0) is 14.7. The molecule has 2 aromatic carbocycles. The van der Waals surface area contributed by atoms with Crippen LogP contribution in [0, 0.1) is 5.82 Å².